The van der Waals surface area contributed by atoms with Crippen molar-refractivity contribution >= 4 is 28.2 Å². The van der Waals surface area contributed by atoms with Crippen molar-refractivity contribution in [3.05, 3.63) is 35.5 Å². The number of methoxy groups -OCH3 is 1. The van der Waals surface area contributed by atoms with E-state index in [0.717, 1.165) is 23.1 Å². The van der Waals surface area contributed by atoms with E-state index in [9.17, 15) is 4.79 Å². The van der Waals surface area contributed by atoms with Gasteiger partial charge in [0.2, 0.25) is 5.91 Å². The zero-order chi connectivity index (χ0) is 14.9. The standard InChI is InChI=1S/C14H18N4O2S/c1-20-8-4-7-16-13(19)9-11-10-21-14(17-11)18-12-5-2-3-6-15-12/h2-3,5-6,10H,4,7-9H2,1H3,(H,16,19)(H,15,17,18). The van der Waals surface area contributed by atoms with Gasteiger partial charge in [-0.15, -0.1) is 11.3 Å². The molecule has 2 heterocycles. The predicted octanol–water partition coefficient (Wildman–Crippen LogP) is 1.98. The summed E-state index contributed by atoms with van der Waals surface area (Å²) in [4.78, 5) is 20.3. The van der Waals surface area contributed by atoms with Crippen LogP contribution in [0.5, 0.6) is 0 Å². The van der Waals surface area contributed by atoms with E-state index in [4.69, 9.17) is 4.74 Å². The minimum Gasteiger partial charge on any atom is -0.385 e. The number of aromatic nitrogens is 2. The van der Waals surface area contributed by atoms with Gasteiger partial charge in [-0.25, -0.2) is 9.97 Å². The van der Waals surface area contributed by atoms with Gasteiger partial charge in [0.25, 0.3) is 0 Å². The molecule has 2 aromatic heterocycles. The van der Waals surface area contributed by atoms with Crippen LogP contribution in [0.2, 0.25) is 0 Å². The highest BCUT2D eigenvalue weighted by Gasteiger charge is 2.07. The fourth-order valence-electron chi connectivity index (χ4n) is 1.66. The molecule has 7 heteroatoms. The molecule has 1 amide bonds. The lowest BCUT2D eigenvalue weighted by Crippen LogP contribution is -2.26. The van der Waals surface area contributed by atoms with Gasteiger partial charge in [-0.2, -0.15) is 0 Å². The quantitative estimate of drug-likeness (QED) is 0.729. The van der Waals surface area contributed by atoms with E-state index in [-0.39, 0.29) is 12.3 Å². The summed E-state index contributed by atoms with van der Waals surface area (Å²) < 4.78 is 4.93. The molecule has 2 rings (SSSR count). The summed E-state index contributed by atoms with van der Waals surface area (Å²) in [6, 6.07) is 5.62. The number of nitrogens with one attached hydrogen (secondary N) is 2. The van der Waals surface area contributed by atoms with Crippen LogP contribution in [0.1, 0.15) is 12.1 Å². The minimum absolute atomic E-state index is 0.0270. The third-order valence-electron chi connectivity index (χ3n) is 2.64. The number of amides is 1. The second-order valence-corrected chi connectivity index (χ2v) is 5.22. The van der Waals surface area contributed by atoms with Gasteiger partial charge in [0.1, 0.15) is 5.82 Å². The first-order valence-electron chi connectivity index (χ1n) is 6.66. The molecule has 0 radical (unpaired) electrons. The fraction of sp³-hybridized carbons (Fsp3) is 0.357. The maximum Gasteiger partial charge on any atom is 0.226 e. The van der Waals surface area contributed by atoms with Crippen LogP contribution in [-0.4, -0.2) is 36.1 Å². The van der Waals surface area contributed by atoms with E-state index in [1.807, 2.05) is 23.6 Å². The van der Waals surface area contributed by atoms with Gasteiger partial charge in [-0.05, 0) is 18.6 Å². The number of hydrogen-bond acceptors (Lipinski definition) is 6. The van der Waals surface area contributed by atoms with Gasteiger partial charge in [0, 0.05) is 31.8 Å². The molecule has 0 aliphatic rings. The highest BCUT2D eigenvalue weighted by Crippen LogP contribution is 2.19. The first-order valence-corrected chi connectivity index (χ1v) is 7.54. The van der Waals surface area contributed by atoms with Crippen LogP contribution in [-0.2, 0) is 16.0 Å². The SMILES string of the molecule is COCCCNC(=O)Cc1csc(Nc2ccccn2)n1. The molecular formula is C14H18N4O2S. The van der Waals surface area contributed by atoms with E-state index in [2.05, 4.69) is 20.6 Å². The number of ether oxygens (including phenoxy) is 1. The molecule has 2 N–H and O–H groups in total. The number of nitrogens with zero attached hydrogens (tertiary/aromatic N) is 2. The largest absolute Gasteiger partial charge is 0.385 e. The molecule has 21 heavy (non-hydrogen) atoms. The number of thiazole rings is 1. The monoisotopic (exact) mass is 306 g/mol. The molecule has 112 valence electrons. The fourth-order valence-corrected chi connectivity index (χ4v) is 2.38. The second-order valence-electron chi connectivity index (χ2n) is 4.36. The maximum atomic E-state index is 11.7. The molecule has 6 nitrogen and oxygen atoms in total. The summed E-state index contributed by atoms with van der Waals surface area (Å²) in [6.07, 6.45) is 2.81. The first-order chi connectivity index (χ1) is 10.3. The zero-order valence-corrected chi connectivity index (χ0v) is 12.7. The Balaban J connectivity index is 1.79. The molecule has 0 aliphatic heterocycles. The average molecular weight is 306 g/mol. The number of hydrogen-bond donors (Lipinski definition) is 2. The number of carbonyl (C=O) groups excluding carboxylic acids is 1. The summed E-state index contributed by atoms with van der Waals surface area (Å²) >= 11 is 1.46. The van der Waals surface area contributed by atoms with Crippen LogP contribution >= 0.6 is 11.3 Å². The zero-order valence-electron chi connectivity index (χ0n) is 11.8. The molecule has 0 aliphatic carbocycles. The Hall–Kier alpha value is -1.99. The van der Waals surface area contributed by atoms with Crippen LogP contribution in [0, 0.1) is 0 Å². The topological polar surface area (TPSA) is 76.1 Å². The summed E-state index contributed by atoms with van der Waals surface area (Å²) in [5.41, 5.74) is 0.752. The van der Waals surface area contributed by atoms with Gasteiger partial charge in [0.05, 0.1) is 12.1 Å². The van der Waals surface area contributed by atoms with E-state index < -0.39 is 0 Å². The Labute approximate surface area is 127 Å². The third kappa shape index (κ3) is 5.49. The lowest BCUT2D eigenvalue weighted by Gasteiger charge is -2.03. The summed E-state index contributed by atoms with van der Waals surface area (Å²) in [6.45, 7) is 1.27. The molecule has 0 bridgehead atoms. The molecule has 0 aromatic carbocycles. The van der Waals surface area contributed by atoms with Gasteiger partial charge < -0.3 is 15.4 Å². The van der Waals surface area contributed by atoms with Gasteiger partial charge in [-0.1, -0.05) is 6.07 Å². The molecule has 0 unspecified atom stereocenters. The molecule has 0 saturated heterocycles. The maximum absolute atomic E-state index is 11.7. The Bertz CT molecular complexity index is 559. The smallest absolute Gasteiger partial charge is 0.226 e. The Kier molecular flexibility index (Phi) is 6.11. The first kappa shape index (κ1) is 15.4. The van der Waals surface area contributed by atoms with Crippen LogP contribution in [0.15, 0.2) is 29.8 Å². The van der Waals surface area contributed by atoms with Crippen molar-refractivity contribution in [2.75, 3.05) is 25.6 Å². The lowest BCUT2D eigenvalue weighted by molar-refractivity contribution is -0.120. The Morgan fingerprint density at radius 2 is 2.33 bits per heavy atom. The predicted molar refractivity (Wildman–Crippen MR) is 82.8 cm³/mol. The van der Waals surface area contributed by atoms with Crippen molar-refractivity contribution in [1.82, 2.24) is 15.3 Å². The summed E-state index contributed by atoms with van der Waals surface area (Å²) in [5, 5.41) is 8.55. The number of carbonyl (C=O) groups is 1. The van der Waals surface area contributed by atoms with Gasteiger partial charge in [-0.3, -0.25) is 4.79 Å². The highest BCUT2D eigenvalue weighted by atomic mass is 32.1. The highest BCUT2D eigenvalue weighted by molar-refractivity contribution is 7.13. The molecule has 0 saturated carbocycles. The summed E-state index contributed by atoms with van der Waals surface area (Å²) in [7, 11) is 1.65. The number of pyridine rings is 1. The van der Waals surface area contributed by atoms with Crippen LogP contribution in [0.25, 0.3) is 0 Å². The van der Waals surface area contributed by atoms with Crippen molar-refractivity contribution in [3.8, 4) is 0 Å². The van der Waals surface area contributed by atoms with Crippen LogP contribution < -0.4 is 10.6 Å². The number of rotatable bonds is 8. The number of anilines is 2. The minimum atomic E-state index is -0.0270. The third-order valence-corrected chi connectivity index (χ3v) is 3.45. The van der Waals surface area contributed by atoms with Crippen LogP contribution in [0.3, 0.4) is 0 Å². The molecule has 0 fully saturated rings. The normalized spacial score (nSPS) is 10.3. The lowest BCUT2D eigenvalue weighted by atomic mass is 10.3. The van der Waals surface area contributed by atoms with E-state index in [1.165, 1.54) is 11.3 Å². The van der Waals surface area contributed by atoms with Gasteiger partial charge in [0.15, 0.2) is 5.13 Å². The molecular weight excluding hydrogens is 288 g/mol. The summed E-state index contributed by atoms with van der Waals surface area (Å²) in [5.74, 6) is 0.711. The van der Waals surface area contributed by atoms with Crippen molar-refractivity contribution in [3.63, 3.8) is 0 Å². The van der Waals surface area contributed by atoms with Crippen molar-refractivity contribution < 1.29 is 9.53 Å². The van der Waals surface area contributed by atoms with E-state index in [1.54, 1.807) is 13.3 Å². The Morgan fingerprint density at radius 3 is 3.10 bits per heavy atom. The van der Waals surface area contributed by atoms with Crippen LogP contribution in [0.4, 0.5) is 10.9 Å². The van der Waals surface area contributed by atoms with Crippen molar-refractivity contribution in [1.29, 1.82) is 0 Å². The van der Waals surface area contributed by atoms with E-state index >= 15 is 0 Å². The average Bonchev–Trinajstić information content (AvgIpc) is 2.92. The Morgan fingerprint density at radius 1 is 1.43 bits per heavy atom. The molecule has 0 spiro atoms. The molecule has 2 aromatic rings. The van der Waals surface area contributed by atoms with Crippen molar-refractivity contribution in [2.45, 2.75) is 12.8 Å². The van der Waals surface area contributed by atoms with Crippen molar-refractivity contribution in [2.24, 2.45) is 0 Å². The second kappa shape index (κ2) is 8.33. The molecule has 0 atom stereocenters. The van der Waals surface area contributed by atoms with Gasteiger partial charge >= 0.3 is 0 Å². The van der Waals surface area contributed by atoms with E-state index in [0.29, 0.717) is 13.2 Å².